The zero-order chi connectivity index (χ0) is 11.9. The van der Waals surface area contributed by atoms with E-state index < -0.39 is 26.2 Å². The lowest BCUT2D eigenvalue weighted by atomic mass is 10.2. The van der Waals surface area contributed by atoms with Gasteiger partial charge in [-0.25, -0.2) is 0 Å². The fraction of sp³-hybridized carbons (Fsp3) is 0. The maximum absolute atomic E-state index is 10.8. The first kappa shape index (κ1) is 10.4. The number of nitro groups is 2. The van der Waals surface area contributed by atoms with Gasteiger partial charge in [0.25, 0.3) is 5.69 Å². The summed E-state index contributed by atoms with van der Waals surface area (Å²) in [4.78, 5) is 19.8. The molecule has 0 amide bonds. The van der Waals surface area contributed by atoms with Crippen LogP contribution in [0.15, 0.2) is 22.8 Å². The predicted molar refractivity (Wildman–Crippen MR) is 54.5 cm³/mol. The van der Waals surface area contributed by atoms with E-state index in [0.29, 0.717) is 0 Å². The Bertz CT molecular complexity index is 606. The number of hydrogen-bond acceptors (Lipinski definition) is 5. The summed E-state index contributed by atoms with van der Waals surface area (Å²) in [7, 11) is 0. The maximum atomic E-state index is 10.8. The first-order valence-electron chi connectivity index (χ1n) is 4.01. The van der Waals surface area contributed by atoms with E-state index in [1.165, 1.54) is 12.3 Å². The van der Waals surface area contributed by atoms with Crippen LogP contribution in [0.5, 0.6) is 0 Å². The second-order valence-corrected chi connectivity index (χ2v) is 3.28. The Morgan fingerprint density at radius 3 is 2.50 bits per heavy atom. The van der Waals surface area contributed by atoms with E-state index in [1.54, 1.807) is 0 Å². The second kappa shape index (κ2) is 3.46. The second-order valence-electron chi connectivity index (χ2n) is 2.90. The van der Waals surface area contributed by atoms with Crippen LogP contribution in [-0.4, -0.2) is 9.85 Å². The third-order valence-corrected chi connectivity index (χ3v) is 2.40. The van der Waals surface area contributed by atoms with Gasteiger partial charge in [-0.2, -0.15) is 0 Å². The van der Waals surface area contributed by atoms with E-state index >= 15 is 0 Å². The molecule has 16 heavy (non-hydrogen) atoms. The number of benzene rings is 1. The van der Waals surface area contributed by atoms with Crippen molar-refractivity contribution >= 4 is 33.9 Å². The highest BCUT2D eigenvalue weighted by molar-refractivity contribution is 6.36. The highest BCUT2D eigenvalue weighted by atomic mass is 35.5. The van der Waals surface area contributed by atoms with Crippen molar-refractivity contribution in [1.82, 2.24) is 0 Å². The Morgan fingerprint density at radius 1 is 1.25 bits per heavy atom. The summed E-state index contributed by atoms with van der Waals surface area (Å²) in [6, 6.07) is 2.40. The smallest absolute Gasteiger partial charge is 0.305 e. The molecule has 0 unspecified atom stereocenters. The summed E-state index contributed by atoms with van der Waals surface area (Å²) < 4.78 is 4.89. The molecule has 8 heteroatoms. The standard InChI is InChI=1S/C8H3ClN2O5/c9-7-5(10(12)13)3-6-4(1-2-16-6)8(7)11(14)15/h1-3H. The summed E-state index contributed by atoms with van der Waals surface area (Å²) >= 11 is 5.61. The van der Waals surface area contributed by atoms with Crippen LogP contribution in [-0.2, 0) is 0 Å². The molecule has 0 saturated heterocycles. The van der Waals surface area contributed by atoms with Gasteiger partial charge in [-0.15, -0.1) is 0 Å². The normalized spacial score (nSPS) is 10.6. The number of halogens is 1. The molecule has 0 atom stereocenters. The van der Waals surface area contributed by atoms with E-state index in [4.69, 9.17) is 16.0 Å². The van der Waals surface area contributed by atoms with Gasteiger partial charge in [-0.3, -0.25) is 20.2 Å². The van der Waals surface area contributed by atoms with Gasteiger partial charge in [0.2, 0.25) is 0 Å². The molecule has 0 N–H and O–H groups in total. The molecule has 0 aliphatic carbocycles. The van der Waals surface area contributed by atoms with Crippen molar-refractivity contribution in [3.8, 4) is 0 Å². The fourth-order valence-corrected chi connectivity index (χ4v) is 1.66. The molecule has 7 nitrogen and oxygen atoms in total. The molecule has 1 aromatic heterocycles. The number of hydrogen-bond donors (Lipinski definition) is 0. The molecule has 1 heterocycles. The van der Waals surface area contributed by atoms with Crippen LogP contribution >= 0.6 is 11.6 Å². The lowest BCUT2D eigenvalue weighted by Gasteiger charge is -1.98. The van der Waals surface area contributed by atoms with E-state index in [2.05, 4.69) is 0 Å². The largest absolute Gasteiger partial charge is 0.464 e. The van der Waals surface area contributed by atoms with Crippen LogP contribution in [0.3, 0.4) is 0 Å². The molecule has 0 radical (unpaired) electrons. The van der Waals surface area contributed by atoms with Crippen LogP contribution < -0.4 is 0 Å². The lowest BCUT2D eigenvalue weighted by Crippen LogP contribution is -1.95. The molecule has 0 aliphatic rings. The zero-order valence-corrected chi connectivity index (χ0v) is 8.30. The molecule has 0 bridgehead atoms. The predicted octanol–water partition coefficient (Wildman–Crippen LogP) is 2.90. The fourth-order valence-electron chi connectivity index (χ4n) is 1.37. The first-order chi connectivity index (χ1) is 7.52. The van der Waals surface area contributed by atoms with Gasteiger partial charge in [0.05, 0.1) is 22.2 Å². The molecule has 2 rings (SSSR count). The highest BCUT2D eigenvalue weighted by Crippen LogP contribution is 2.40. The first-order valence-corrected chi connectivity index (χ1v) is 4.38. The van der Waals surface area contributed by atoms with E-state index in [9.17, 15) is 20.2 Å². The van der Waals surface area contributed by atoms with Crippen LogP contribution in [0.2, 0.25) is 5.02 Å². The highest BCUT2D eigenvalue weighted by Gasteiger charge is 2.28. The van der Waals surface area contributed by atoms with Crippen LogP contribution in [0.1, 0.15) is 0 Å². The Hall–Kier alpha value is -2.15. The number of rotatable bonds is 2. The molecule has 2 aromatic rings. The maximum Gasteiger partial charge on any atom is 0.305 e. The lowest BCUT2D eigenvalue weighted by molar-refractivity contribution is -0.392. The molecule has 82 valence electrons. The van der Waals surface area contributed by atoms with E-state index in [1.807, 2.05) is 0 Å². The third kappa shape index (κ3) is 1.38. The molecule has 0 spiro atoms. The molecule has 0 saturated carbocycles. The molecular formula is C8H3ClN2O5. The zero-order valence-electron chi connectivity index (χ0n) is 7.55. The quantitative estimate of drug-likeness (QED) is 0.595. The van der Waals surface area contributed by atoms with Crippen molar-refractivity contribution in [2.45, 2.75) is 0 Å². The van der Waals surface area contributed by atoms with Gasteiger partial charge >= 0.3 is 5.69 Å². The minimum atomic E-state index is -0.794. The van der Waals surface area contributed by atoms with Crippen molar-refractivity contribution in [1.29, 1.82) is 0 Å². The summed E-state index contributed by atoms with van der Waals surface area (Å²) in [6.45, 7) is 0. The topological polar surface area (TPSA) is 99.4 Å². The van der Waals surface area contributed by atoms with Gasteiger partial charge in [0, 0.05) is 0 Å². The monoisotopic (exact) mass is 242 g/mol. The van der Waals surface area contributed by atoms with Gasteiger partial charge in [0.1, 0.15) is 11.0 Å². The summed E-state index contributed by atoms with van der Waals surface area (Å²) in [5.74, 6) is 0. The number of furan rings is 1. The molecular weight excluding hydrogens is 240 g/mol. The SMILES string of the molecule is O=[N+]([O-])c1cc2occc2c([N+](=O)[O-])c1Cl. The minimum absolute atomic E-state index is 0.0581. The molecule has 0 fully saturated rings. The van der Waals surface area contributed by atoms with Crippen molar-refractivity contribution < 1.29 is 14.3 Å². The Balaban J connectivity index is 2.92. The minimum Gasteiger partial charge on any atom is -0.464 e. The van der Waals surface area contributed by atoms with Gasteiger partial charge < -0.3 is 4.42 Å². The van der Waals surface area contributed by atoms with E-state index in [0.717, 1.165) is 6.07 Å². The number of fused-ring (bicyclic) bond motifs is 1. The van der Waals surface area contributed by atoms with Crippen molar-refractivity contribution in [3.63, 3.8) is 0 Å². The van der Waals surface area contributed by atoms with Crippen LogP contribution in [0.4, 0.5) is 11.4 Å². The van der Waals surface area contributed by atoms with E-state index in [-0.39, 0.29) is 11.0 Å². The summed E-state index contributed by atoms with van der Waals surface area (Å²) in [6.07, 6.45) is 1.21. The molecule has 1 aromatic carbocycles. The van der Waals surface area contributed by atoms with Crippen LogP contribution in [0.25, 0.3) is 11.0 Å². The molecule has 0 aliphatic heterocycles. The Morgan fingerprint density at radius 2 is 1.94 bits per heavy atom. The Kier molecular flexibility index (Phi) is 2.24. The average Bonchev–Trinajstić information content (AvgIpc) is 2.62. The summed E-state index contributed by atoms with van der Waals surface area (Å²) in [5.41, 5.74) is -1.00. The van der Waals surface area contributed by atoms with Crippen molar-refractivity contribution in [2.24, 2.45) is 0 Å². The van der Waals surface area contributed by atoms with Crippen molar-refractivity contribution in [2.75, 3.05) is 0 Å². The van der Waals surface area contributed by atoms with Crippen molar-refractivity contribution in [3.05, 3.63) is 43.6 Å². The average molecular weight is 243 g/mol. The third-order valence-electron chi connectivity index (χ3n) is 2.03. The van der Waals surface area contributed by atoms with Crippen LogP contribution in [0, 0.1) is 20.2 Å². The number of nitro benzene ring substituents is 2. The van der Waals surface area contributed by atoms with Gasteiger partial charge in [-0.1, -0.05) is 11.6 Å². The van der Waals surface area contributed by atoms with Gasteiger partial charge in [0.15, 0.2) is 5.02 Å². The number of nitrogens with zero attached hydrogens (tertiary/aromatic N) is 2. The van der Waals surface area contributed by atoms with Gasteiger partial charge in [-0.05, 0) is 6.07 Å². The Labute approximate surface area is 92.5 Å². The summed E-state index contributed by atoms with van der Waals surface area (Å²) in [5, 5.41) is 21.0.